The van der Waals surface area contributed by atoms with E-state index < -0.39 is 0 Å². The zero-order valence-corrected chi connectivity index (χ0v) is 19.5. The highest BCUT2D eigenvalue weighted by Gasteiger charge is 2.24. The lowest BCUT2D eigenvalue weighted by Crippen LogP contribution is -2.40. The van der Waals surface area contributed by atoms with Gasteiger partial charge in [0, 0.05) is 32.2 Å². The molecule has 1 fully saturated rings. The van der Waals surface area contributed by atoms with Crippen molar-refractivity contribution in [3.8, 4) is 11.5 Å². The third-order valence-corrected chi connectivity index (χ3v) is 4.47. The number of hydrogen-bond donors (Lipinski definition) is 2. The first-order valence-electron chi connectivity index (χ1n) is 9.73. The van der Waals surface area contributed by atoms with Crippen LogP contribution in [0.5, 0.6) is 11.5 Å². The SMILES string of the molecule is CCNC(=NCc1ccc(OCCO)c(OC)c1)N1CCC(COCC)C1.I. The van der Waals surface area contributed by atoms with E-state index in [2.05, 4.69) is 17.1 Å². The van der Waals surface area contributed by atoms with Gasteiger partial charge in [-0.3, -0.25) is 0 Å². The summed E-state index contributed by atoms with van der Waals surface area (Å²) in [5.41, 5.74) is 1.05. The molecule has 160 valence electrons. The molecule has 0 aromatic heterocycles. The minimum absolute atomic E-state index is 0. The van der Waals surface area contributed by atoms with Gasteiger partial charge in [-0.05, 0) is 38.0 Å². The van der Waals surface area contributed by atoms with Gasteiger partial charge in [0.15, 0.2) is 17.5 Å². The molecule has 1 atom stereocenters. The molecule has 28 heavy (non-hydrogen) atoms. The van der Waals surface area contributed by atoms with E-state index in [0.29, 0.717) is 24.0 Å². The smallest absolute Gasteiger partial charge is 0.194 e. The quantitative estimate of drug-likeness (QED) is 0.288. The number of likely N-dealkylation sites (tertiary alicyclic amines) is 1. The van der Waals surface area contributed by atoms with E-state index in [9.17, 15) is 0 Å². The van der Waals surface area contributed by atoms with E-state index in [4.69, 9.17) is 24.3 Å². The van der Waals surface area contributed by atoms with Gasteiger partial charge in [-0.1, -0.05) is 6.07 Å². The Labute approximate surface area is 185 Å². The van der Waals surface area contributed by atoms with Crippen molar-refractivity contribution in [1.82, 2.24) is 10.2 Å². The van der Waals surface area contributed by atoms with Crippen molar-refractivity contribution in [3.05, 3.63) is 23.8 Å². The highest BCUT2D eigenvalue weighted by atomic mass is 127. The van der Waals surface area contributed by atoms with Gasteiger partial charge in [-0.2, -0.15) is 0 Å². The van der Waals surface area contributed by atoms with Gasteiger partial charge in [0.05, 0.1) is 26.9 Å². The van der Waals surface area contributed by atoms with Gasteiger partial charge in [-0.15, -0.1) is 24.0 Å². The van der Waals surface area contributed by atoms with Gasteiger partial charge in [0.1, 0.15) is 6.61 Å². The van der Waals surface area contributed by atoms with Crippen LogP contribution in [0, 0.1) is 5.92 Å². The van der Waals surface area contributed by atoms with Gasteiger partial charge in [0.2, 0.25) is 0 Å². The average Bonchev–Trinajstić information content (AvgIpc) is 3.17. The van der Waals surface area contributed by atoms with E-state index in [0.717, 1.165) is 50.8 Å². The highest BCUT2D eigenvalue weighted by molar-refractivity contribution is 14.0. The highest BCUT2D eigenvalue weighted by Crippen LogP contribution is 2.28. The van der Waals surface area contributed by atoms with Gasteiger partial charge >= 0.3 is 0 Å². The second kappa shape index (κ2) is 13.8. The number of nitrogens with zero attached hydrogens (tertiary/aromatic N) is 2. The van der Waals surface area contributed by atoms with Crippen molar-refractivity contribution < 1.29 is 19.3 Å². The summed E-state index contributed by atoms with van der Waals surface area (Å²) in [6.45, 7) is 9.30. The summed E-state index contributed by atoms with van der Waals surface area (Å²) in [6, 6.07) is 5.77. The molecule has 0 amide bonds. The first-order chi connectivity index (χ1) is 13.2. The molecule has 1 aliphatic rings. The van der Waals surface area contributed by atoms with Crippen LogP contribution in [0.25, 0.3) is 0 Å². The third kappa shape index (κ3) is 7.63. The van der Waals surface area contributed by atoms with Crippen molar-refractivity contribution in [2.75, 3.05) is 53.2 Å². The number of aliphatic imine (C=N–C) groups is 1. The molecule has 1 heterocycles. The van der Waals surface area contributed by atoms with Crippen molar-refractivity contribution in [3.63, 3.8) is 0 Å². The molecule has 1 aromatic rings. The second-order valence-electron chi connectivity index (χ2n) is 6.49. The zero-order valence-electron chi connectivity index (χ0n) is 17.1. The number of ether oxygens (including phenoxy) is 3. The molecular formula is C20H34IN3O4. The Morgan fingerprint density at radius 3 is 2.82 bits per heavy atom. The number of halogens is 1. The Balaban J connectivity index is 0.00000392. The molecule has 0 bridgehead atoms. The van der Waals surface area contributed by atoms with E-state index in [1.807, 2.05) is 25.1 Å². The largest absolute Gasteiger partial charge is 0.493 e. The maximum absolute atomic E-state index is 8.91. The summed E-state index contributed by atoms with van der Waals surface area (Å²) in [5.74, 6) is 2.79. The number of nitrogens with one attached hydrogen (secondary N) is 1. The lowest BCUT2D eigenvalue weighted by atomic mass is 10.1. The minimum atomic E-state index is -0.0264. The Hall–Kier alpha value is -1.26. The van der Waals surface area contributed by atoms with Crippen LogP contribution in [0.3, 0.4) is 0 Å². The van der Waals surface area contributed by atoms with Crippen LogP contribution in [0.4, 0.5) is 0 Å². The Morgan fingerprint density at radius 1 is 1.32 bits per heavy atom. The normalized spacial score (nSPS) is 16.6. The van der Waals surface area contributed by atoms with Crippen LogP contribution in [-0.4, -0.2) is 69.1 Å². The molecule has 1 saturated heterocycles. The van der Waals surface area contributed by atoms with Gasteiger partial charge < -0.3 is 29.5 Å². The lowest BCUT2D eigenvalue weighted by molar-refractivity contribution is 0.114. The minimum Gasteiger partial charge on any atom is -0.493 e. The van der Waals surface area contributed by atoms with Crippen LogP contribution < -0.4 is 14.8 Å². The first kappa shape index (κ1) is 24.8. The number of aliphatic hydroxyl groups excluding tert-OH is 1. The molecule has 0 radical (unpaired) electrons. The van der Waals surface area contributed by atoms with Crippen LogP contribution in [0.1, 0.15) is 25.8 Å². The van der Waals surface area contributed by atoms with Crippen LogP contribution >= 0.6 is 24.0 Å². The fourth-order valence-corrected chi connectivity index (χ4v) is 3.12. The number of aliphatic hydroxyl groups is 1. The molecule has 1 aromatic carbocycles. The monoisotopic (exact) mass is 507 g/mol. The molecule has 0 saturated carbocycles. The number of methoxy groups -OCH3 is 1. The molecule has 1 aliphatic heterocycles. The fraction of sp³-hybridized carbons (Fsp3) is 0.650. The Kier molecular flexibility index (Phi) is 12.2. The Bertz CT molecular complexity index is 601. The molecule has 2 N–H and O–H groups in total. The molecule has 1 unspecified atom stereocenters. The molecule has 8 heteroatoms. The van der Waals surface area contributed by atoms with Crippen LogP contribution in [0.2, 0.25) is 0 Å². The summed E-state index contributed by atoms with van der Waals surface area (Å²) in [6.07, 6.45) is 1.13. The molecule has 0 spiro atoms. The van der Waals surface area contributed by atoms with Gasteiger partial charge in [-0.25, -0.2) is 4.99 Å². The standard InChI is InChI=1S/C20H33N3O4.HI/c1-4-21-20(23-9-8-17(14-23)15-26-5-2)22-13-16-6-7-18(27-11-10-24)19(12-16)25-3;/h6-7,12,17,24H,4-5,8-11,13-15H2,1-3H3,(H,21,22);1H. The molecule has 2 rings (SSSR count). The van der Waals surface area contributed by atoms with Crippen LogP contribution in [-0.2, 0) is 11.3 Å². The molecule has 0 aliphatic carbocycles. The predicted octanol–water partition coefficient (Wildman–Crippen LogP) is 2.51. The average molecular weight is 507 g/mol. The number of benzene rings is 1. The van der Waals surface area contributed by atoms with Crippen molar-refractivity contribution in [2.45, 2.75) is 26.8 Å². The van der Waals surface area contributed by atoms with Crippen molar-refractivity contribution in [2.24, 2.45) is 10.9 Å². The lowest BCUT2D eigenvalue weighted by Gasteiger charge is -2.21. The van der Waals surface area contributed by atoms with Gasteiger partial charge in [0.25, 0.3) is 0 Å². The van der Waals surface area contributed by atoms with Crippen molar-refractivity contribution >= 4 is 29.9 Å². The summed E-state index contributed by atoms with van der Waals surface area (Å²) in [5, 5.41) is 12.3. The number of hydrogen-bond acceptors (Lipinski definition) is 5. The van der Waals surface area contributed by atoms with Crippen molar-refractivity contribution in [1.29, 1.82) is 0 Å². The topological polar surface area (TPSA) is 75.6 Å². The van der Waals surface area contributed by atoms with E-state index in [1.54, 1.807) is 7.11 Å². The second-order valence-corrected chi connectivity index (χ2v) is 6.49. The molecule has 7 nitrogen and oxygen atoms in total. The number of guanidine groups is 1. The van der Waals surface area contributed by atoms with E-state index in [1.165, 1.54) is 0 Å². The van der Waals surface area contributed by atoms with E-state index >= 15 is 0 Å². The molecular weight excluding hydrogens is 473 g/mol. The zero-order chi connectivity index (χ0) is 19.5. The maximum Gasteiger partial charge on any atom is 0.194 e. The van der Waals surface area contributed by atoms with E-state index in [-0.39, 0.29) is 37.2 Å². The predicted molar refractivity (Wildman–Crippen MR) is 122 cm³/mol. The summed E-state index contributed by atoms with van der Waals surface area (Å²) >= 11 is 0. The number of rotatable bonds is 10. The maximum atomic E-state index is 8.91. The van der Waals surface area contributed by atoms with Crippen LogP contribution in [0.15, 0.2) is 23.2 Å². The summed E-state index contributed by atoms with van der Waals surface area (Å²) < 4.78 is 16.4. The Morgan fingerprint density at radius 2 is 2.14 bits per heavy atom. The third-order valence-electron chi connectivity index (χ3n) is 4.47. The summed E-state index contributed by atoms with van der Waals surface area (Å²) in [4.78, 5) is 7.11. The first-order valence-corrected chi connectivity index (χ1v) is 9.73. The fourth-order valence-electron chi connectivity index (χ4n) is 3.12. The summed E-state index contributed by atoms with van der Waals surface area (Å²) in [7, 11) is 1.61.